The summed E-state index contributed by atoms with van der Waals surface area (Å²) >= 11 is 1.18. The van der Waals surface area contributed by atoms with E-state index in [1.165, 1.54) is 17.7 Å². The summed E-state index contributed by atoms with van der Waals surface area (Å²) in [7, 11) is -2.05. The molecule has 2 aromatic heterocycles. The van der Waals surface area contributed by atoms with Crippen molar-refractivity contribution in [2.45, 2.75) is 29.6 Å². The number of oxazole rings is 1. The lowest BCUT2D eigenvalue weighted by molar-refractivity contribution is 0.0951. The van der Waals surface area contributed by atoms with Crippen LogP contribution in [0.25, 0.3) is 11.3 Å². The third-order valence-corrected chi connectivity index (χ3v) is 9.84. The van der Waals surface area contributed by atoms with Gasteiger partial charge in [0.1, 0.15) is 9.96 Å². The van der Waals surface area contributed by atoms with E-state index in [0.29, 0.717) is 43.0 Å². The predicted octanol–water partition coefficient (Wildman–Crippen LogP) is 4.61. The highest BCUT2D eigenvalue weighted by Crippen LogP contribution is 2.29. The maximum atomic E-state index is 13.3. The minimum Gasteiger partial charge on any atom is -0.497 e. The Balaban J connectivity index is 1.15. The Morgan fingerprint density at radius 1 is 1.13 bits per heavy atom. The number of anilines is 1. The van der Waals surface area contributed by atoms with Crippen molar-refractivity contribution >= 4 is 33.0 Å². The summed E-state index contributed by atoms with van der Waals surface area (Å²) in [6.07, 6.45) is 4.47. The van der Waals surface area contributed by atoms with Crippen molar-refractivity contribution in [1.82, 2.24) is 14.6 Å². The van der Waals surface area contributed by atoms with Crippen LogP contribution in [0.5, 0.6) is 5.75 Å². The van der Waals surface area contributed by atoms with Gasteiger partial charge in [0.15, 0.2) is 12.2 Å². The van der Waals surface area contributed by atoms with Crippen LogP contribution in [0, 0.1) is 0 Å². The molecule has 1 amide bonds. The van der Waals surface area contributed by atoms with Gasteiger partial charge in [0, 0.05) is 40.8 Å². The van der Waals surface area contributed by atoms with Gasteiger partial charge >= 0.3 is 0 Å². The number of methoxy groups -OCH3 is 1. The van der Waals surface area contributed by atoms with Crippen LogP contribution < -0.4 is 15.4 Å². The number of thiophene rings is 1. The largest absolute Gasteiger partial charge is 0.497 e. The van der Waals surface area contributed by atoms with E-state index in [2.05, 4.69) is 15.6 Å². The van der Waals surface area contributed by atoms with E-state index in [0.717, 1.165) is 16.1 Å². The van der Waals surface area contributed by atoms with E-state index in [4.69, 9.17) is 9.15 Å². The first-order valence-corrected chi connectivity index (χ1v) is 14.4. The maximum absolute atomic E-state index is 13.3. The quantitative estimate of drug-likeness (QED) is 0.312. The molecule has 0 atom stereocenters. The third kappa shape index (κ3) is 5.90. The molecule has 2 N–H and O–H groups in total. The number of aromatic nitrogens is 1. The van der Waals surface area contributed by atoms with Crippen molar-refractivity contribution in [2.75, 3.05) is 25.5 Å². The van der Waals surface area contributed by atoms with Crippen molar-refractivity contribution in [1.29, 1.82) is 0 Å². The van der Waals surface area contributed by atoms with Crippen LogP contribution in [0.1, 0.15) is 28.1 Å². The predicted molar refractivity (Wildman–Crippen MR) is 146 cm³/mol. The molecule has 9 nitrogen and oxygen atoms in total. The van der Waals surface area contributed by atoms with Gasteiger partial charge < -0.3 is 19.8 Å². The number of rotatable bonds is 9. The number of carbonyl (C=O) groups is 1. The lowest BCUT2D eigenvalue weighted by Gasteiger charge is -2.31. The molecular weight excluding hydrogens is 524 g/mol. The Morgan fingerprint density at radius 3 is 2.71 bits per heavy atom. The van der Waals surface area contributed by atoms with Crippen LogP contribution in [-0.2, 0) is 16.6 Å². The first kappa shape index (κ1) is 26.0. The average Bonchev–Trinajstić information content (AvgIpc) is 3.66. The van der Waals surface area contributed by atoms with Gasteiger partial charge in [-0.25, -0.2) is 13.4 Å². The Labute approximate surface area is 225 Å². The Kier molecular flexibility index (Phi) is 7.77. The normalized spacial score (nSPS) is 14.8. The molecule has 0 saturated carbocycles. The second kappa shape index (κ2) is 11.4. The number of amides is 1. The average molecular weight is 553 g/mol. The zero-order valence-electron chi connectivity index (χ0n) is 20.8. The number of carbonyl (C=O) groups excluding carboxylic acids is 1. The number of hydrogen-bond donors (Lipinski definition) is 2. The highest BCUT2D eigenvalue weighted by atomic mass is 32.2. The second-order valence-electron chi connectivity index (χ2n) is 8.90. The van der Waals surface area contributed by atoms with E-state index >= 15 is 0 Å². The van der Waals surface area contributed by atoms with E-state index in [1.807, 2.05) is 24.3 Å². The number of nitrogens with zero attached hydrogens (tertiary/aromatic N) is 2. The topological polar surface area (TPSA) is 114 Å². The van der Waals surface area contributed by atoms with Crippen molar-refractivity contribution in [3.05, 3.63) is 83.7 Å². The Morgan fingerprint density at radius 2 is 1.95 bits per heavy atom. The summed E-state index contributed by atoms with van der Waals surface area (Å²) in [6.45, 7) is 1.11. The fraction of sp³-hybridized carbons (Fsp3) is 0.259. The SMILES string of the molecule is COc1cccc(C(=O)NCc2ccc(S(=O)(=O)N3CCC(Nc4cccc(-c5cnco5)c4)CC3)s2)c1. The third-order valence-electron chi connectivity index (χ3n) is 6.39. The fourth-order valence-electron chi connectivity index (χ4n) is 4.35. The molecule has 1 aliphatic rings. The van der Waals surface area contributed by atoms with Crippen molar-refractivity contribution in [2.24, 2.45) is 0 Å². The molecule has 2 aromatic carbocycles. The molecule has 198 valence electrons. The number of ether oxygens (including phenoxy) is 1. The molecule has 5 rings (SSSR count). The van der Waals surface area contributed by atoms with Gasteiger partial charge in [-0.3, -0.25) is 4.79 Å². The first-order chi connectivity index (χ1) is 18.4. The summed E-state index contributed by atoms with van der Waals surface area (Å²) in [6, 6.07) is 18.3. The first-order valence-electron chi connectivity index (χ1n) is 12.2. The molecule has 0 unspecified atom stereocenters. The number of sulfonamides is 1. The van der Waals surface area contributed by atoms with Crippen molar-refractivity contribution in [3.8, 4) is 17.1 Å². The minimum absolute atomic E-state index is 0.164. The summed E-state index contributed by atoms with van der Waals surface area (Å²) in [5, 5.41) is 6.36. The van der Waals surface area contributed by atoms with Crippen LogP contribution in [0.3, 0.4) is 0 Å². The molecule has 0 bridgehead atoms. The zero-order chi connectivity index (χ0) is 26.5. The van der Waals surface area contributed by atoms with Crippen molar-refractivity contribution in [3.63, 3.8) is 0 Å². The molecule has 0 aliphatic carbocycles. The van der Waals surface area contributed by atoms with Gasteiger partial charge in [0.25, 0.3) is 15.9 Å². The molecule has 3 heterocycles. The Hall–Kier alpha value is -3.67. The number of benzene rings is 2. The molecule has 0 spiro atoms. The molecule has 4 aromatic rings. The maximum Gasteiger partial charge on any atom is 0.252 e. The van der Waals surface area contributed by atoms with Crippen molar-refractivity contribution < 1.29 is 22.4 Å². The molecule has 1 aliphatic heterocycles. The van der Waals surface area contributed by atoms with Gasteiger partial charge in [0.2, 0.25) is 0 Å². The summed E-state index contributed by atoms with van der Waals surface area (Å²) in [5.74, 6) is 1.05. The summed E-state index contributed by atoms with van der Waals surface area (Å²) in [5.41, 5.74) is 2.37. The molecule has 0 radical (unpaired) electrons. The monoisotopic (exact) mass is 552 g/mol. The van der Waals surface area contributed by atoms with Crippen LogP contribution in [0.2, 0.25) is 0 Å². The molecule has 1 fully saturated rings. The number of nitrogens with one attached hydrogen (secondary N) is 2. The van der Waals surface area contributed by atoms with Gasteiger partial charge in [-0.2, -0.15) is 4.31 Å². The van der Waals surface area contributed by atoms with E-state index in [-0.39, 0.29) is 22.7 Å². The van der Waals surface area contributed by atoms with Crippen LogP contribution >= 0.6 is 11.3 Å². The van der Waals surface area contributed by atoms with E-state index in [1.54, 1.807) is 54.0 Å². The van der Waals surface area contributed by atoms with Crippen LogP contribution in [0.15, 0.2) is 81.9 Å². The fourth-order valence-corrected chi connectivity index (χ4v) is 7.27. The highest BCUT2D eigenvalue weighted by molar-refractivity contribution is 7.91. The summed E-state index contributed by atoms with van der Waals surface area (Å²) in [4.78, 5) is 17.2. The van der Waals surface area contributed by atoms with Gasteiger partial charge in [-0.1, -0.05) is 18.2 Å². The minimum atomic E-state index is -3.60. The van der Waals surface area contributed by atoms with E-state index in [9.17, 15) is 13.2 Å². The number of hydrogen-bond acceptors (Lipinski definition) is 8. The summed E-state index contributed by atoms with van der Waals surface area (Å²) < 4.78 is 38.9. The zero-order valence-corrected chi connectivity index (χ0v) is 22.4. The standard InChI is InChI=1S/C27H28N4O5S2/c1-35-23-7-3-5-20(15-23)27(32)29-16-24-8-9-26(37-24)38(33,34)31-12-10-21(11-13-31)30-22-6-2-4-19(14-22)25-17-28-18-36-25/h2-9,14-15,17-18,21,30H,10-13,16H2,1H3,(H,29,32). The van der Waals surface area contributed by atoms with Gasteiger partial charge in [-0.05, 0) is 55.3 Å². The van der Waals surface area contributed by atoms with Crippen LogP contribution in [-0.4, -0.2) is 49.9 Å². The number of piperidine rings is 1. The van der Waals surface area contributed by atoms with Crippen LogP contribution in [0.4, 0.5) is 5.69 Å². The van der Waals surface area contributed by atoms with Gasteiger partial charge in [-0.15, -0.1) is 11.3 Å². The molecule has 1 saturated heterocycles. The van der Waals surface area contributed by atoms with Gasteiger partial charge in [0.05, 0.1) is 19.9 Å². The smallest absolute Gasteiger partial charge is 0.252 e. The highest BCUT2D eigenvalue weighted by Gasteiger charge is 2.30. The Bertz CT molecular complexity index is 1490. The lowest BCUT2D eigenvalue weighted by atomic mass is 10.1. The second-order valence-corrected chi connectivity index (χ2v) is 12.2. The molecule has 11 heteroatoms. The van der Waals surface area contributed by atoms with E-state index < -0.39 is 10.0 Å². The molecular formula is C27H28N4O5S2. The molecule has 38 heavy (non-hydrogen) atoms. The lowest BCUT2D eigenvalue weighted by Crippen LogP contribution is -2.42.